The van der Waals surface area contributed by atoms with Gasteiger partial charge in [-0.3, -0.25) is 9.79 Å². The van der Waals surface area contributed by atoms with Crippen molar-refractivity contribution >= 4 is 40.6 Å². The summed E-state index contributed by atoms with van der Waals surface area (Å²) < 4.78 is 31.8. The number of nitrogens with zero attached hydrogens (tertiary/aromatic N) is 5. The molecule has 0 spiro atoms. The molecule has 4 aromatic rings. The average Bonchev–Trinajstić information content (AvgIpc) is 3.50. The highest BCUT2D eigenvalue weighted by atomic mass is 35.5. The predicted molar refractivity (Wildman–Crippen MR) is 148 cm³/mol. The van der Waals surface area contributed by atoms with Gasteiger partial charge in [-0.15, -0.1) is 0 Å². The lowest BCUT2D eigenvalue weighted by atomic mass is 9.98. The Balaban J connectivity index is 1.52. The number of aromatic nitrogens is 2. The number of ether oxygens (including phenoxy) is 2. The maximum absolute atomic E-state index is 14.7. The van der Waals surface area contributed by atoms with Crippen molar-refractivity contribution in [3.8, 4) is 5.75 Å². The summed E-state index contributed by atoms with van der Waals surface area (Å²) in [4.78, 5) is 31.7. The topological polar surface area (TPSA) is 128 Å². The molecule has 0 aliphatic carbocycles. The van der Waals surface area contributed by atoms with Crippen molar-refractivity contribution in [1.29, 1.82) is 0 Å². The summed E-state index contributed by atoms with van der Waals surface area (Å²) in [6.45, 7) is 2.59. The molecule has 1 amide bonds. The fourth-order valence-corrected chi connectivity index (χ4v) is 5.03. The van der Waals surface area contributed by atoms with E-state index >= 15 is 0 Å². The Morgan fingerprint density at radius 1 is 1.35 bits per heavy atom. The summed E-state index contributed by atoms with van der Waals surface area (Å²) in [6.07, 6.45) is 3.71. The summed E-state index contributed by atoms with van der Waals surface area (Å²) in [5, 5.41) is 0.930. The highest BCUT2D eigenvalue weighted by Crippen LogP contribution is 2.35. The third-order valence-corrected chi connectivity index (χ3v) is 6.88. The Morgan fingerprint density at radius 3 is 2.95 bits per heavy atom. The zero-order valence-corrected chi connectivity index (χ0v) is 22.6. The number of carbonyl (C=O) groups is 1. The Hall–Kier alpha value is -4.35. The zero-order chi connectivity index (χ0) is 28.2. The van der Waals surface area contributed by atoms with Gasteiger partial charge in [-0.1, -0.05) is 23.7 Å². The highest BCUT2D eigenvalue weighted by molar-refractivity contribution is 6.31. The van der Waals surface area contributed by atoms with Crippen LogP contribution in [0.3, 0.4) is 0 Å². The number of benzene rings is 2. The van der Waals surface area contributed by atoms with Crippen LogP contribution in [0.1, 0.15) is 39.0 Å². The lowest BCUT2D eigenvalue weighted by Crippen LogP contribution is -2.43. The standard InChI is InChI=1S/C28H26ClFN6O4/c1-16-8-20(27(32-2)34-14-31)18-4-3-5-24(26(18)35-16)39-12-21-19(9-17(30)10-22(21)29)23-13-38-7-6-36(23)28(37)25-11-33-15-40-25/h3-5,8-11,14-15,23H,6-7,12-13H2,1-2H3,(H2,31,32,34)/t23-/m0/s1. The van der Waals surface area contributed by atoms with E-state index < -0.39 is 11.9 Å². The molecule has 1 aliphatic rings. The molecule has 1 fully saturated rings. The molecular weight excluding hydrogens is 539 g/mol. The number of amides is 1. The van der Waals surface area contributed by atoms with E-state index in [0.29, 0.717) is 34.8 Å². The molecule has 1 saturated heterocycles. The Labute approximate surface area is 234 Å². The summed E-state index contributed by atoms with van der Waals surface area (Å²) in [5.74, 6) is 0.0885. The minimum atomic E-state index is -0.630. The van der Waals surface area contributed by atoms with Crippen molar-refractivity contribution in [3.05, 3.63) is 88.0 Å². The molecule has 3 heterocycles. The predicted octanol–water partition coefficient (Wildman–Crippen LogP) is 4.48. The SMILES string of the molecule is CN=C(N=CN)c1cc(C)nc2c(OCc3c(Cl)cc(F)cc3[C@@H]3COCCN3C(=O)c3cnco3)cccc12. The van der Waals surface area contributed by atoms with Crippen LogP contribution in [0.2, 0.25) is 5.02 Å². The number of nitrogens with two attached hydrogens (primary N) is 1. The molecule has 0 saturated carbocycles. The number of rotatable bonds is 6. The fourth-order valence-electron chi connectivity index (χ4n) is 4.76. The lowest BCUT2D eigenvalue weighted by molar-refractivity contribution is -0.00477. The van der Waals surface area contributed by atoms with Gasteiger partial charge in [0.25, 0.3) is 5.91 Å². The second kappa shape index (κ2) is 11.8. The molecule has 12 heteroatoms. The lowest BCUT2D eigenvalue weighted by Gasteiger charge is -2.36. The molecule has 40 heavy (non-hydrogen) atoms. The van der Waals surface area contributed by atoms with Crippen LogP contribution < -0.4 is 10.5 Å². The van der Waals surface area contributed by atoms with Crippen molar-refractivity contribution in [2.75, 3.05) is 26.8 Å². The van der Waals surface area contributed by atoms with Crippen LogP contribution in [-0.2, 0) is 11.3 Å². The molecule has 0 bridgehead atoms. The van der Waals surface area contributed by atoms with Crippen LogP contribution in [0.15, 0.2) is 63.4 Å². The molecule has 2 aromatic heterocycles. The maximum Gasteiger partial charge on any atom is 0.291 e. The molecule has 10 nitrogen and oxygen atoms in total. The molecule has 5 rings (SSSR count). The Bertz CT molecular complexity index is 1610. The van der Waals surface area contributed by atoms with E-state index in [1.807, 2.05) is 25.1 Å². The molecule has 0 radical (unpaired) electrons. The second-order valence-corrected chi connectivity index (χ2v) is 9.40. The summed E-state index contributed by atoms with van der Waals surface area (Å²) >= 11 is 6.56. The van der Waals surface area contributed by atoms with Gasteiger partial charge >= 0.3 is 0 Å². The first kappa shape index (κ1) is 27.2. The van der Waals surface area contributed by atoms with E-state index in [-0.39, 0.29) is 36.4 Å². The maximum atomic E-state index is 14.7. The van der Waals surface area contributed by atoms with Crippen molar-refractivity contribution in [2.45, 2.75) is 19.6 Å². The number of amidine groups is 1. The number of morpholine rings is 1. The van der Waals surface area contributed by atoms with E-state index in [0.717, 1.165) is 16.6 Å². The van der Waals surface area contributed by atoms with Crippen molar-refractivity contribution < 1.29 is 23.1 Å². The van der Waals surface area contributed by atoms with Gasteiger partial charge in [0.2, 0.25) is 5.76 Å². The summed E-state index contributed by atoms with van der Waals surface area (Å²) in [5.41, 5.74) is 8.59. The van der Waals surface area contributed by atoms with Crippen molar-refractivity contribution in [2.24, 2.45) is 15.7 Å². The van der Waals surface area contributed by atoms with Crippen molar-refractivity contribution in [1.82, 2.24) is 14.9 Å². The van der Waals surface area contributed by atoms with E-state index in [2.05, 4.69) is 15.0 Å². The van der Waals surface area contributed by atoms with Gasteiger partial charge in [0.05, 0.1) is 36.8 Å². The number of oxazole rings is 1. The first-order chi connectivity index (χ1) is 19.4. The van der Waals surface area contributed by atoms with Gasteiger partial charge in [-0.2, -0.15) is 0 Å². The number of carbonyl (C=O) groups excluding carboxylic acids is 1. The van der Waals surface area contributed by atoms with Gasteiger partial charge in [0.1, 0.15) is 23.7 Å². The molecule has 0 unspecified atom stereocenters. The van der Waals surface area contributed by atoms with Crippen LogP contribution in [0.5, 0.6) is 5.75 Å². The van der Waals surface area contributed by atoms with E-state index in [9.17, 15) is 9.18 Å². The number of pyridine rings is 1. The van der Waals surface area contributed by atoms with Gasteiger partial charge in [-0.05, 0) is 36.8 Å². The molecule has 1 atom stereocenters. The van der Waals surface area contributed by atoms with Crippen LogP contribution in [0.25, 0.3) is 10.9 Å². The number of aliphatic imine (C=N–C) groups is 2. The first-order valence-corrected chi connectivity index (χ1v) is 12.8. The monoisotopic (exact) mass is 564 g/mol. The Kier molecular flexibility index (Phi) is 8.04. The number of hydrogen-bond donors (Lipinski definition) is 1. The normalized spacial score (nSPS) is 16.1. The van der Waals surface area contributed by atoms with E-state index in [1.165, 1.54) is 31.1 Å². The minimum Gasteiger partial charge on any atom is -0.487 e. The average molecular weight is 565 g/mol. The van der Waals surface area contributed by atoms with Gasteiger partial charge in [-0.25, -0.2) is 19.4 Å². The number of aryl methyl sites for hydroxylation is 1. The van der Waals surface area contributed by atoms with E-state index in [4.69, 9.17) is 36.2 Å². The summed E-state index contributed by atoms with van der Waals surface area (Å²) in [6, 6.07) is 9.32. The fraction of sp³-hybridized carbons (Fsp3) is 0.250. The van der Waals surface area contributed by atoms with Crippen LogP contribution in [0, 0.1) is 12.7 Å². The van der Waals surface area contributed by atoms with Crippen LogP contribution in [-0.4, -0.2) is 59.8 Å². The number of para-hydroxylation sites is 1. The second-order valence-electron chi connectivity index (χ2n) is 8.99. The first-order valence-electron chi connectivity index (χ1n) is 12.4. The largest absolute Gasteiger partial charge is 0.487 e. The molecular formula is C28H26ClFN6O4. The Morgan fingerprint density at radius 2 is 2.20 bits per heavy atom. The minimum absolute atomic E-state index is 0.0188. The number of fused-ring (bicyclic) bond motifs is 1. The van der Waals surface area contributed by atoms with Gasteiger partial charge < -0.3 is 24.5 Å². The van der Waals surface area contributed by atoms with Crippen molar-refractivity contribution in [3.63, 3.8) is 0 Å². The molecule has 206 valence electrons. The van der Waals surface area contributed by atoms with E-state index in [1.54, 1.807) is 18.0 Å². The molecule has 2 aromatic carbocycles. The number of hydrogen-bond acceptors (Lipinski definition) is 7. The van der Waals surface area contributed by atoms with Gasteiger partial charge in [0, 0.05) is 35.8 Å². The van der Waals surface area contributed by atoms with Crippen LogP contribution >= 0.6 is 11.6 Å². The molecule has 1 aliphatic heterocycles. The summed E-state index contributed by atoms with van der Waals surface area (Å²) in [7, 11) is 1.63. The quantitative estimate of drug-likeness (QED) is 0.270. The third kappa shape index (κ3) is 5.38. The smallest absolute Gasteiger partial charge is 0.291 e. The molecule has 2 N–H and O–H groups in total. The third-order valence-electron chi connectivity index (χ3n) is 6.54. The zero-order valence-electron chi connectivity index (χ0n) is 21.8. The van der Waals surface area contributed by atoms with Crippen LogP contribution in [0.4, 0.5) is 4.39 Å². The number of halogens is 2. The van der Waals surface area contributed by atoms with Gasteiger partial charge in [0.15, 0.2) is 12.2 Å². The highest BCUT2D eigenvalue weighted by Gasteiger charge is 2.33.